The lowest BCUT2D eigenvalue weighted by Crippen LogP contribution is -2.56. The maximum Gasteiger partial charge on any atom is 0.258 e. The molecule has 4 rings (SSSR count). The SMILES string of the molecule is CCN(CC)c1ccc([C@H]2[C@H]3CCCC[C@@]3(O)CCN2C(=O)c2ccccc2OC)cc1. The maximum absolute atomic E-state index is 13.8. The Labute approximate surface area is 192 Å². The number of para-hydroxylation sites is 1. The summed E-state index contributed by atoms with van der Waals surface area (Å²) in [4.78, 5) is 18.1. The lowest BCUT2D eigenvalue weighted by molar-refractivity contribution is -0.115. The van der Waals surface area contributed by atoms with Crippen molar-refractivity contribution >= 4 is 11.6 Å². The summed E-state index contributed by atoms with van der Waals surface area (Å²) in [6, 6.07) is 15.9. The zero-order valence-corrected chi connectivity index (χ0v) is 19.6. The minimum absolute atomic E-state index is 0.0205. The molecule has 1 amide bonds. The summed E-state index contributed by atoms with van der Waals surface area (Å²) in [6.07, 6.45) is 4.54. The van der Waals surface area contributed by atoms with Crippen molar-refractivity contribution in [2.75, 3.05) is 31.6 Å². The van der Waals surface area contributed by atoms with Gasteiger partial charge in [0.15, 0.2) is 0 Å². The Balaban J connectivity index is 1.73. The molecule has 2 aromatic carbocycles. The monoisotopic (exact) mass is 436 g/mol. The van der Waals surface area contributed by atoms with Crippen LogP contribution >= 0.6 is 0 Å². The van der Waals surface area contributed by atoms with Gasteiger partial charge in [-0.2, -0.15) is 0 Å². The molecule has 0 spiro atoms. The number of rotatable bonds is 6. The van der Waals surface area contributed by atoms with E-state index in [-0.39, 0.29) is 17.9 Å². The second-order valence-electron chi connectivity index (χ2n) is 9.11. The van der Waals surface area contributed by atoms with Gasteiger partial charge in [0.2, 0.25) is 0 Å². The summed E-state index contributed by atoms with van der Waals surface area (Å²) in [7, 11) is 1.60. The lowest BCUT2D eigenvalue weighted by Gasteiger charge is -2.52. The number of fused-ring (bicyclic) bond motifs is 1. The summed E-state index contributed by atoms with van der Waals surface area (Å²) >= 11 is 0. The second-order valence-corrected chi connectivity index (χ2v) is 9.11. The number of nitrogens with zero attached hydrogens (tertiary/aromatic N) is 2. The van der Waals surface area contributed by atoms with Crippen molar-refractivity contribution in [3.05, 3.63) is 59.7 Å². The highest BCUT2D eigenvalue weighted by Gasteiger charge is 2.50. The topological polar surface area (TPSA) is 53.0 Å². The van der Waals surface area contributed by atoms with Crippen molar-refractivity contribution < 1.29 is 14.6 Å². The average Bonchev–Trinajstić information content (AvgIpc) is 2.84. The number of carbonyl (C=O) groups excluding carboxylic acids is 1. The van der Waals surface area contributed by atoms with Crippen LogP contribution in [0.2, 0.25) is 0 Å². The fourth-order valence-corrected chi connectivity index (χ4v) is 5.77. The fourth-order valence-electron chi connectivity index (χ4n) is 5.77. The first-order valence-electron chi connectivity index (χ1n) is 12.0. The van der Waals surface area contributed by atoms with Gasteiger partial charge in [0, 0.05) is 31.2 Å². The van der Waals surface area contributed by atoms with Gasteiger partial charge >= 0.3 is 0 Å². The first-order chi connectivity index (χ1) is 15.5. The molecule has 0 aromatic heterocycles. The van der Waals surface area contributed by atoms with E-state index in [4.69, 9.17) is 4.74 Å². The van der Waals surface area contributed by atoms with E-state index < -0.39 is 5.60 Å². The van der Waals surface area contributed by atoms with Crippen LogP contribution in [0.5, 0.6) is 5.75 Å². The first-order valence-corrected chi connectivity index (χ1v) is 12.0. The van der Waals surface area contributed by atoms with E-state index >= 15 is 0 Å². The standard InChI is InChI=1S/C27H36N2O3/c1-4-28(5-2)21-15-13-20(14-16-21)25-23-11-8-9-17-27(23,31)18-19-29(25)26(30)22-10-6-7-12-24(22)32-3/h6-7,10,12-16,23,25,31H,4-5,8-9,11,17-19H2,1-3H3/t23-,25+,27-/m1/s1. The molecule has 2 aromatic rings. The molecule has 1 heterocycles. The summed E-state index contributed by atoms with van der Waals surface area (Å²) in [5.74, 6) is 0.619. The highest BCUT2D eigenvalue weighted by Crippen LogP contribution is 2.50. The fraction of sp³-hybridized carbons (Fsp3) is 0.519. The number of hydrogen-bond donors (Lipinski definition) is 1. The Hall–Kier alpha value is -2.53. The molecule has 32 heavy (non-hydrogen) atoms. The quantitative estimate of drug-likeness (QED) is 0.688. The van der Waals surface area contributed by atoms with Gasteiger partial charge in [0.05, 0.1) is 24.3 Å². The van der Waals surface area contributed by atoms with E-state index in [1.54, 1.807) is 7.11 Å². The molecule has 5 heteroatoms. The van der Waals surface area contributed by atoms with Crippen LogP contribution in [-0.2, 0) is 0 Å². The number of benzene rings is 2. The Morgan fingerprint density at radius 1 is 1.09 bits per heavy atom. The Kier molecular flexibility index (Phi) is 6.75. The van der Waals surface area contributed by atoms with E-state index in [2.05, 4.69) is 43.0 Å². The molecular weight excluding hydrogens is 400 g/mol. The number of ether oxygens (including phenoxy) is 1. The van der Waals surface area contributed by atoms with Crippen LogP contribution in [-0.4, -0.2) is 48.3 Å². The second kappa shape index (κ2) is 9.53. The largest absolute Gasteiger partial charge is 0.496 e. The molecule has 1 aliphatic heterocycles. The summed E-state index contributed by atoms with van der Waals surface area (Å²) in [5, 5.41) is 11.5. The van der Waals surface area contributed by atoms with Gasteiger partial charge in [-0.05, 0) is 62.9 Å². The van der Waals surface area contributed by atoms with E-state index in [1.165, 1.54) is 5.69 Å². The van der Waals surface area contributed by atoms with Gasteiger partial charge in [-0.1, -0.05) is 37.1 Å². The number of piperidine rings is 1. The molecule has 172 valence electrons. The highest BCUT2D eigenvalue weighted by molar-refractivity contribution is 5.97. The summed E-state index contributed by atoms with van der Waals surface area (Å²) in [5.41, 5.74) is 2.18. The van der Waals surface area contributed by atoms with Crippen molar-refractivity contribution in [3.63, 3.8) is 0 Å². The third kappa shape index (κ3) is 4.11. The minimum Gasteiger partial charge on any atom is -0.496 e. The summed E-state index contributed by atoms with van der Waals surface area (Å²) < 4.78 is 5.49. The van der Waals surface area contributed by atoms with E-state index in [1.807, 2.05) is 29.2 Å². The molecule has 3 atom stereocenters. The Morgan fingerprint density at radius 3 is 2.50 bits per heavy atom. The molecule has 2 fully saturated rings. The normalized spacial score (nSPS) is 25.2. The zero-order valence-electron chi connectivity index (χ0n) is 19.6. The third-order valence-corrected chi connectivity index (χ3v) is 7.53. The number of carbonyl (C=O) groups is 1. The van der Waals surface area contributed by atoms with E-state index in [0.29, 0.717) is 24.3 Å². The van der Waals surface area contributed by atoms with Crippen molar-refractivity contribution in [1.82, 2.24) is 4.90 Å². The molecule has 0 unspecified atom stereocenters. The van der Waals surface area contributed by atoms with Gasteiger partial charge in [-0.3, -0.25) is 4.79 Å². The Morgan fingerprint density at radius 2 is 1.81 bits per heavy atom. The van der Waals surface area contributed by atoms with Crippen LogP contribution in [0.15, 0.2) is 48.5 Å². The highest BCUT2D eigenvalue weighted by atomic mass is 16.5. The van der Waals surface area contributed by atoms with E-state index in [0.717, 1.165) is 44.3 Å². The molecular formula is C27H36N2O3. The molecule has 1 N–H and O–H groups in total. The van der Waals surface area contributed by atoms with Crippen LogP contribution in [0, 0.1) is 5.92 Å². The smallest absolute Gasteiger partial charge is 0.258 e. The zero-order chi connectivity index (χ0) is 22.7. The number of hydrogen-bond acceptors (Lipinski definition) is 4. The van der Waals surface area contributed by atoms with Crippen LogP contribution < -0.4 is 9.64 Å². The molecule has 0 radical (unpaired) electrons. The van der Waals surface area contributed by atoms with Gasteiger partial charge < -0.3 is 19.6 Å². The predicted molar refractivity (Wildman–Crippen MR) is 128 cm³/mol. The van der Waals surface area contributed by atoms with Crippen molar-refractivity contribution in [2.24, 2.45) is 5.92 Å². The number of anilines is 1. The van der Waals surface area contributed by atoms with Crippen LogP contribution in [0.1, 0.15) is 67.9 Å². The molecule has 1 saturated carbocycles. The molecule has 1 aliphatic carbocycles. The van der Waals surface area contributed by atoms with Crippen LogP contribution in [0.3, 0.4) is 0 Å². The Bertz CT molecular complexity index is 925. The van der Waals surface area contributed by atoms with Crippen molar-refractivity contribution in [3.8, 4) is 5.75 Å². The number of methoxy groups -OCH3 is 1. The number of amides is 1. The molecule has 0 bridgehead atoms. The maximum atomic E-state index is 13.8. The third-order valence-electron chi connectivity index (χ3n) is 7.53. The molecule has 2 aliphatic rings. The van der Waals surface area contributed by atoms with Crippen LogP contribution in [0.4, 0.5) is 5.69 Å². The van der Waals surface area contributed by atoms with Gasteiger partial charge in [0.1, 0.15) is 5.75 Å². The van der Waals surface area contributed by atoms with E-state index in [9.17, 15) is 9.90 Å². The summed E-state index contributed by atoms with van der Waals surface area (Å²) in [6.45, 7) is 6.79. The first kappa shape index (κ1) is 22.7. The number of likely N-dealkylation sites (tertiary alicyclic amines) is 1. The van der Waals surface area contributed by atoms with Gasteiger partial charge in [0.25, 0.3) is 5.91 Å². The van der Waals surface area contributed by atoms with Gasteiger partial charge in [-0.15, -0.1) is 0 Å². The minimum atomic E-state index is -0.696. The van der Waals surface area contributed by atoms with Gasteiger partial charge in [-0.25, -0.2) is 0 Å². The van der Waals surface area contributed by atoms with Crippen molar-refractivity contribution in [1.29, 1.82) is 0 Å². The number of aliphatic hydroxyl groups is 1. The molecule has 5 nitrogen and oxygen atoms in total. The van der Waals surface area contributed by atoms with Crippen molar-refractivity contribution in [2.45, 2.75) is 57.6 Å². The molecule has 1 saturated heterocycles. The van der Waals surface area contributed by atoms with Crippen LogP contribution in [0.25, 0.3) is 0 Å². The average molecular weight is 437 g/mol. The predicted octanol–water partition coefficient (Wildman–Crippen LogP) is 5.05. The lowest BCUT2D eigenvalue weighted by atomic mass is 9.66.